The highest BCUT2D eigenvalue weighted by Crippen LogP contribution is 2.28. The maximum absolute atomic E-state index is 12.5. The van der Waals surface area contributed by atoms with E-state index in [1.165, 1.54) is 11.6 Å². The maximum atomic E-state index is 12.5. The van der Waals surface area contributed by atoms with Crippen LogP contribution in [0.1, 0.15) is 92.9 Å². The molecule has 36 heavy (non-hydrogen) atoms. The van der Waals surface area contributed by atoms with Gasteiger partial charge in [0.25, 0.3) is 0 Å². The fraction of sp³-hybridized carbons (Fsp3) is 0.767. The molecule has 0 bridgehead atoms. The zero-order chi connectivity index (χ0) is 27.3. The van der Waals surface area contributed by atoms with Gasteiger partial charge in [-0.25, -0.2) is 4.79 Å². The number of rotatable bonds is 5. The third-order valence-corrected chi connectivity index (χ3v) is 7.49. The molecule has 6 nitrogen and oxygen atoms in total. The van der Waals surface area contributed by atoms with E-state index < -0.39 is 24.3 Å². The van der Waals surface area contributed by atoms with Gasteiger partial charge in [-0.3, -0.25) is 0 Å². The molecule has 4 N–H and O–H groups in total. The van der Waals surface area contributed by atoms with Crippen LogP contribution in [0.5, 0.6) is 0 Å². The quantitative estimate of drug-likeness (QED) is 0.304. The molecular weight excluding hydrogens is 456 g/mol. The van der Waals surface area contributed by atoms with E-state index in [0.29, 0.717) is 19.3 Å². The van der Waals surface area contributed by atoms with Crippen molar-refractivity contribution in [3.8, 4) is 0 Å². The smallest absolute Gasteiger partial charge is 0.331 e. The number of hydrogen-bond acceptors (Lipinski definition) is 6. The highest BCUT2D eigenvalue weighted by Gasteiger charge is 2.29. The highest BCUT2D eigenvalue weighted by atomic mass is 16.5. The molecule has 1 aliphatic rings. The molecule has 1 heterocycles. The second kappa shape index (κ2) is 17.1. The minimum Gasteiger partial charge on any atom is -0.459 e. The van der Waals surface area contributed by atoms with E-state index in [0.717, 1.165) is 25.7 Å². The van der Waals surface area contributed by atoms with Crippen molar-refractivity contribution in [2.75, 3.05) is 0 Å². The summed E-state index contributed by atoms with van der Waals surface area (Å²) in [6, 6.07) is 0. The fourth-order valence-electron chi connectivity index (χ4n) is 5.18. The van der Waals surface area contributed by atoms with Gasteiger partial charge >= 0.3 is 5.97 Å². The van der Waals surface area contributed by atoms with Crippen molar-refractivity contribution in [1.82, 2.24) is 0 Å². The Morgan fingerprint density at radius 2 is 1.75 bits per heavy atom. The molecule has 1 aliphatic heterocycles. The van der Waals surface area contributed by atoms with E-state index in [2.05, 4.69) is 26.8 Å². The molecule has 0 aliphatic carbocycles. The Bertz CT molecular complexity index is 714. The lowest BCUT2D eigenvalue weighted by Gasteiger charge is -2.30. The number of hydrogen-bond donors (Lipinski definition) is 4. The van der Waals surface area contributed by atoms with Crippen LogP contribution in [0.2, 0.25) is 0 Å². The van der Waals surface area contributed by atoms with Crippen molar-refractivity contribution in [3.05, 3.63) is 36.0 Å². The topological polar surface area (TPSA) is 107 Å². The average molecular weight is 509 g/mol. The molecule has 1 rings (SSSR count). The van der Waals surface area contributed by atoms with Gasteiger partial charge in [-0.05, 0) is 76.0 Å². The first-order chi connectivity index (χ1) is 16.9. The van der Waals surface area contributed by atoms with Gasteiger partial charge < -0.3 is 25.2 Å². The van der Waals surface area contributed by atoms with Gasteiger partial charge in [-0.15, -0.1) is 0 Å². The van der Waals surface area contributed by atoms with Crippen molar-refractivity contribution in [2.24, 2.45) is 23.7 Å². The maximum Gasteiger partial charge on any atom is 0.331 e. The number of ether oxygens (including phenoxy) is 1. The summed E-state index contributed by atoms with van der Waals surface area (Å²) >= 11 is 0. The number of allylic oxidation sites excluding steroid dienone is 4. The monoisotopic (exact) mass is 508 g/mol. The van der Waals surface area contributed by atoms with E-state index in [1.807, 2.05) is 20.8 Å². The first-order valence-corrected chi connectivity index (χ1v) is 13.9. The number of esters is 1. The van der Waals surface area contributed by atoms with Gasteiger partial charge in [0, 0.05) is 12.0 Å². The SMILES string of the molecule is CCC(O)CCCC1OC(=O)C=CC=CCC(O)CC(O)C(C)C(O)C(C)CC(C)=CC(C)CC1C. The van der Waals surface area contributed by atoms with Crippen LogP contribution in [-0.2, 0) is 9.53 Å². The zero-order valence-corrected chi connectivity index (χ0v) is 23.3. The van der Waals surface area contributed by atoms with E-state index in [1.54, 1.807) is 18.2 Å². The van der Waals surface area contributed by atoms with E-state index >= 15 is 0 Å². The third kappa shape index (κ3) is 12.7. The summed E-state index contributed by atoms with van der Waals surface area (Å²) in [4.78, 5) is 12.5. The molecule has 0 saturated heterocycles. The van der Waals surface area contributed by atoms with Crippen LogP contribution in [-0.4, -0.2) is 56.9 Å². The van der Waals surface area contributed by atoms with Crippen LogP contribution in [0.3, 0.4) is 0 Å². The molecular formula is C30H52O6. The van der Waals surface area contributed by atoms with Crippen molar-refractivity contribution in [2.45, 2.75) is 123 Å². The summed E-state index contributed by atoms with van der Waals surface area (Å²) in [7, 11) is 0. The second-order valence-corrected chi connectivity index (χ2v) is 11.2. The molecule has 9 unspecified atom stereocenters. The molecule has 0 radical (unpaired) electrons. The van der Waals surface area contributed by atoms with Gasteiger partial charge in [0.1, 0.15) is 6.10 Å². The lowest BCUT2D eigenvalue weighted by molar-refractivity contribution is -0.146. The zero-order valence-electron chi connectivity index (χ0n) is 23.3. The van der Waals surface area contributed by atoms with Gasteiger partial charge in [-0.2, -0.15) is 0 Å². The van der Waals surface area contributed by atoms with Crippen molar-refractivity contribution >= 4 is 5.97 Å². The molecule has 0 amide bonds. The fourth-order valence-corrected chi connectivity index (χ4v) is 5.18. The van der Waals surface area contributed by atoms with Gasteiger partial charge in [0.05, 0.1) is 24.4 Å². The molecule has 208 valence electrons. The van der Waals surface area contributed by atoms with Crippen LogP contribution in [0, 0.1) is 23.7 Å². The minimum atomic E-state index is -0.804. The van der Waals surface area contributed by atoms with E-state index in [9.17, 15) is 25.2 Å². The van der Waals surface area contributed by atoms with E-state index in [4.69, 9.17) is 4.74 Å². The van der Waals surface area contributed by atoms with Crippen LogP contribution in [0.15, 0.2) is 36.0 Å². The minimum absolute atomic E-state index is 0.0259. The van der Waals surface area contributed by atoms with Crippen LogP contribution in [0.25, 0.3) is 0 Å². The molecule has 0 aromatic heterocycles. The lowest BCUT2D eigenvalue weighted by atomic mass is 9.83. The van der Waals surface area contributed by atoms with Gasteiger partial charge in [0.2, 0.25) is 0 Å². The summed E-state index contributed by atoms with van der Waals surface area (Å²) < 4.78 is 5.84. The number of carbonyl (C=O) groups excluding carboxylic acids is 1. The molecule has 9 atom stereocenters. The Labute approximate surface area is 219 Å². The predicted octanol–water partition coefficient (Wildman–Crippen LogP) is 5.10. The number of cyclic esters (lactones) is 1. The highest BCUT2D eigenvalue weighted by molar-refractivity contribution is 5.82. The second-order valence-electron chi connectivity index (χ2n) is 11.2. The Morgan fingerprint density at radius 1 is 1.06 bits per heavy atom. The predicted molar refractivity (Wildman–Crippen MR) is 145 cm³/mol. The summed E-state index contributed by atoms with van der Waals surface area (Å²) in [5.74, 6) is -0.351. The summed E-state index contributed by atoms with van der Waals surface area (Å²) in [5.41, 5.74) is 1.19. The Morgan fingerprint density at radius 3 is 2.42 bits per heavy atom. The summed E-state index contributed by atoms with van der Waals surface area (Å²) in [6.45, 7) is 12.1. The van der Waals surface area contributed by atoms with E-state index in [-0.39, 0.29) is 42.3 Å². The number of aliphatic hydroxyl groups excluding tert-OH is 4. The van der Waals surface area contributed by atoms with Gasteiger partial charge in [-0.1, -0.05) is 64.5 Å². The summed E-state index contributed by atoms with van der Waals surface area (Å²) in [5, 5.41) is 41.6. The third-order valence-electron chi connectivity index (χ3n) is 7.49. The largest absolute Gasteiger partial charge is 0.459 e. The van der Waals surface area contributed by atoms with Crippen molar-refractivity contribution in [1.29, 1.82) is 0 Å². The molecule has 6 heteroatoms. The molecule has 0 aromatic rings. The van der Waals surface area contributed by atoms with Crippen molar-refractivity contribution < 1.29 is 30.0 Å². The van der Waals surface area contributed by atoms with Crippen LogP contribution in [0.4, 0.5) is 0 Å². The molecule has 0 aromatic carbocycles. The normalized spacial score (nSPS) is 35.1. The average Bonchev–Trinajstić information content (AvgIpc) is 2.80. The first kappa shape index (κ1) is 32.6. The van der Waals surface area contributed by atoms with Gasteiger partial charge in [0.15, 0.2) is 0 Å². The molecule has 0 saturated carbocycles. The van der Waals surface area contributed by atoms with Crippen molar-refractivity contribution in [3.63, 3.8) is 0 Å². The number of carbonyl (C=O) groups is 1. The lowest BCUT2D eigenvalue weighted by Crippen LogP contribution is -2.36. The first-order valence-electron chi connectivity index (χ1n) is 13.9. The molecule has 0 spiro atoms. The summed E-state index contributed by atoms with van der Waals surface area (Å²) in [6.07, 6.45) is 10.9. The van der Waals surface area contributed by atoms with Crippen LogP contribution >= 0.6 is 0 Å². The molecule has 0 fully saturated rings. The Balaban J connectivity index is 3.06. The standard InChI is InChI=1S/C30H52O6/c1-7-25(31)13-11-14-28-22(4)17-20(2)16-21(3)18-23(5)30(35)24(6)27(33)19-26(32)12-9-8-10-15-29(34)36-28/h8-10,15-16,20,22-28,30-33,35H,7,11-14,17-19H2,1-6H3. The Hall–Kier alpha value is -1.47. The Kier molecular flexibility index (Phi) is 15.5. The number of aliphatic hydroxyl groups is 4. The van der Waals surface area contributed by atoms with Crippen LogP contribution < -0.4 is 0 Å².